The van der Waals surface area contributed by atoms with Gasteiger partial charge in [0.1, 0.15) is 0 Å². The van der Waals surface area contributed by atoms with E-state index < -0.39 is 0 Å². The van der Waals surface area contributed by atoms with Crippen LogP contribution < -0.4 is 5.32 Å². The lowest BCUT2D eigenvalue weighted by Gasteiger charge is -2.22. The Labute approximate surface area is 90.3 Å². The standard InChI is InChI=1S/C13H17NO/c15-13-10-5-2-1-4-9(10)8-11(13)12-6-3-7-14-12/h1-2,4-5,11-15H,3,6-8H2. The molecular weight excluding hydrogens is 186 g/mol. The highest BCUT2D eigenvalue weighted by Gasteiger charge is 2.36. The van der Waals surface area contributed by atoms with E-state index in [-0.39, 0.29) is 6.10 Å². The number of rotatable bonds is 1. The molecule has 3 atom stereocenters. The second-order valence-corrected chi connectivity index (χ2v) is 4.71. The van der Waals surface area contributed by atoms with E-state index in [0.29, 0.717) is 12.0 Å². The number of fused-ring (bicyclic) bond motifs is 1. The number of nitrogens with one attached hydrogen (secondary N) is 1. The zero-order valence-corrected chi connectivity index (χ0v) is 8.82. The van der Waals surface area contributed by atoms with Crippen molar-refractivity contribution in [1.29, 1.82) is 0 Å². The molecule has 0 aromatic heterocycles. The zero-order valence-electron chi connectivity index (χ0n) is 8.82. The van der Waals surface area contributed by atoms with Crippen molar-refractivity contribution in [3.05, 3.63) is 35.4 Å². The van der Waals surface area contributed by atoms with E-state index in [1.165, 1.54) is 18.4 Å². The summed E-state index contributed by atoms with van der Waals surface area (Å²) < 4.78 is 0. The van der Waals surface area contributed by atoms with Crippen LogP contribution >= 0.6 is 0 Å². The van der Waals surface area contributed by atoms with Crippen molar-refractivity contribution < 1.29 is 5.11 Å². The Hall–Kier alpha value is -0.860. The third-order valence-electron chi connectivity index (χ3n) is 3.85. The molecule has 0 saturated carbocycles. The molecule has 15 heavy (non-hydrogen) atoms. The normalized spacial score (nSPS) is 34.3. The highest BCUT2D eigenvalue weighted by atomic mass is 16.3. The van der Waals surface area contributed by atoms with Gasteiger partial charge in [-0.3, -0.25) is 0 Å². The average Bonchev–Trinajstić information content (AvgIpc) is 2.87. The molecule has 1 aromatic rings. The van der Waals surface area contributed by atoms with Crippen molar-refractivity contribution in [2.75, 3.05) is 6.54 Å². The molecule has 3 unspecified atom stereocenters. The Bertz CT molecular complexity index is 357. The van der Waals surface area contributed by atoms with Crippen LogP contribution in [-0.4, -0.2) is 17.7 Å². The second-order valence-electron chi connectivity index (χ2n) is 4.71. The highest BCUT2D eigenvalue weighted by molar-refractivity contribution is 5.35. The highest BCUT2D eigenvalue weighted by Crippen LogP contribution is 2.39. The fraction of sp³-hybridized carbons (Fsp3) is 0.538. The third-order valence-corrected chi connectivity index (χ3v) is 3.85. The Morgan fingerprint density at radius 3 is 2.87 bits per heavy atom. The summed E-state index contributed by atoms with van der Waals surface area (Å²) >= 11 is 0. The minimum absolute atomic E-state index is 0.253. The van der Waals surface area contributed by atoms with Gasteiger partial charge < -0.3 is 10.4 Å². The van der Waals surface area contributed by atoms with E-state index in [1.807, 2.05) is 6.07 Å². The summed E-state index contributed by atoms with van der Waals surface area (Å²) in [5.74, 6) is 0.393. The molecule has 2 aliphatic rings. The van der Waals surface area contributed by atoms with Gasteiger partial charge in [-0.05, 0) is 36.9 Å². The summed E-state index contributed by atoms with van der Waals surface area (Å²) in [7, 11) is 0. The van der Waals surface area contributed by atoms with Gasteiger partial charge in [0.2, 0.25) is 0 Å². The zero-order chi connectivity index (χ0) is 10.3. The van der Waals surface area contributed by atoms with Crippen molar-refractivity contribution in [2.24, 2.45) is 5.92 Å². The molecule has 2 heteroatoms. The van der Waals surface area contributed by atoms with Crippen LogP contribution in [0.4, 0.5) is 0 Å². The van der Waals surface area contributed by atoms with Gasteiger partial charge in [-0.1, -0.05) is 24.3 Å². The van der Waals surface area contributed by atoms with Crippen molar-refractivity contribution in [3.63, 3.8) is 0 Å². The Morgan fingerprint density at radius 1 is 1.27 bits per heavy atom. The molecule has 1 saturated heterocycles. The number of benzene rings is 1. The van der Waals surface area contributed by atoms with Gasteiger partial charge >= 0.3 is 0 Å². The molecule has 2 nitrogen and oxygen atoms in total. The lowest BCUT2D eigenvalue weighted by Crippen LogP contribution is -2.32. The molecular formula is C13H17NO. The Morgan fingerprint density at radius 2 is 2.13 bits per heavy atom. The van der Waals surface area contributed by atoms with Gasteiger partial charge in [0.05, 0.1) is 6.10 Å². The average molecular weight is 203 g/mol. The van der Waals surface area contributed by atoms with Crippen LogP contribution in [0.15, 0.2) is 24.3 Å². The maximum absolute atomic E-state index is 10.3. The van der Waals surface area contributed by atoms with Crippen LogP contribution in [0, 0.1) is 5.92 Å². The first kappa shape index (κ1) is 9.37. The molecule has 0 radical (unpaired) electrons. The minimum Gasteiger partial charge on any atom is -0.388 e. The molecule has 3 rings (SSSR count). The van der Waals surface area contributed by atoms with Crippen molar-refractivity contribution in [2.45, 2.75) is 31.4 Å². The van der Waals surface area contributed by atoms with Gasteiger partial charge in [0.15, 0.2) is 0 Å². The number of aliphatic hydroxyl groups excluding tert-OH is 1. The summed E-state index contributed by atoms with van der Waals surface area (Å²) in [4.78, 5) is 0. The maximum atomic E-state index is 10.3. The molecule has 0 spiro atoms. The van der Waals surface area contributed by atoms with Crippen LogP contribution in [0.5, 0.6) is 0 Å². The molecule has 0 bridgehead atoms. The Balaban J connectivity index is 1.86. The first-order chi connectivity index (χ1) is 7.36. The first-order valence-corrected chi connectivity index (χ1v) is 5.85. The molecule has 1 aromatic carbocycles. The summed E-state index contributed by atoms with van der Waals surface area (Å²) in [5, 5.41) is 13.8. The summed E-state index contributed by atoms with van der Waals surface area (Å²) in [6.45, 7) is 1.12. The summed E-state index contributed by atoms with van der Waals surface area (Å²) in [5.41, 5.74) is 2.49. The van der Waals surface area contributed by atoms with Crippen molar-refractivity contribution >= 4 is 0 Å². The number of hydrogen-bond donors (Lipinski definition) is 2. The lowest BCUT2D eigenvalue weighted by atomic mass is 9.93. The molecule has 1 fully saturated rings. The van der Waals surface area contributed by atoms with Gasteiger partial charge in [-0.2, -0.15) is 0 Å². The monoisotopic (exact) mass is 203 g/mol. The second kappa shape index (κ2) is 3.62. The van der Waals surface area contributed by atoms with Crippen LogP contribution in [0.25, 0.3) is 0 Å². The van der Waals surface area contributed by atoms with E-state index in [2.05, 4.69) is 23.5 Å². The number of hydrogen-bond acceptors (Lipinski definition) is 2. The van der Waals surface area contributed by atoms with Crippen LogP contribution in [-0.2, 0) is 6.42 Å². The van der Waals surface area contributed by atoms with E-state index in [9.17, 15) is 5.11 Å². The van der Waals surface area contributed by atoms with E-state index in [4.69, 9.17) is 0 Å². The van der Waals surface area contributed by atoms with E-state index in [1.54, 1.807) is 0 Å². The summed E-state index contributed by atoms with van der Waals surface area (Å²) in [6.07, 6.45) is 3.26. The van der Waals surface area contributed by atoms with Gasteiger partial charge in [-0.15, -0.1) is 0 Å². The number of aliphatic hydroxyl groups is 1. The SMILES string of the molecule is OC1c2ccccc2CC1C1CCCN1. The van der Waals surface area contributed by atoms with Crippen molar-refractivity contribution in [1.82, 2.24) is 5.32 Å². The lowest BCUT2D eigenvalue weighted by molar-refractivity contribution is 0.103. The minimum atomic E-state index is -0.253. The van der Waals surface area contributed by atoms with Crippen LogP contribution in [0.2, 0.25) is 0 Å². The largest absolute Gasteiger partial charge is 0.388 e. The molecule has 2 N–H and O–H groups in total. The Kier molecular flexibility index (Phi) is 2.26. The molecule has 1 aliphatic carbocycles. The smallest absolute Gasteiger partial charge is 0.0838 e. The topological polar surface area (TPSA) is 32.3 Å². The fourth-order valence-corrected chi connectivity index (χ4v) is 3.04. The van der Waals surface area contributed by atoms with Gasteiger partial charge in [0.25, 0.3) is 0 Å². The molecule has 0 amide bonds. The fourth-order valence-electron chi connectivity index (χ4n) is 3.04. The van der Waals surface area contributed by atoms with E-state index in [0.717, 1.165) is 18.5 Å². The first-order valence-electron chi connectivity index (χ1n) is 5.85. The predicted molar refractivity (Wildman–Crippen MR) is 59.6 cm³/mol. The predicted octanol–water partition coefficient (Wildman–Crippen LogP) is 1.64. The van der Waals surface area contributed by atoms with Crippen LogP contribution in [0.1, 0.15) is 30.1 Å². The summed E-state index contributed by atoms with van der Waals surface area (Å²) in [6, 6.07) is 8.82. The van der Waals surface area contributed by atoms with Crippen LogP contribution in [0.3, 0.4) is 0 Å². The molecule has 80 valence electrons. The van der Waals surface area contributed by atoms with E-state index >= 15 is 0 Å². The van der Waals surface area contributed by atoms with Crippen molar-refractivity contribution in [3.8, 4) is 0 Å². The third kappa shape index (κ3) is 1.48. The molecule has 1 aliphatic heterocycles. The van der Waals surface area contributed by atoms with Gasteiger partial charge in [0, 0.05) is 12.0 Å². The van der Waals surface area contributed by atoms with Gasteiger partial charge in [-0.25, -0.2) is 0 Å². The quantitative estimate of drug-likeness (QED) is 0.727. The maximum Gasteiger partial charge on any atom is 0.0838 e. The molecule has 1 heterocycles.